The molecule has 3 rings (SSSR count). The molecule has 2 aromatic heterocycles. The van der Waals surface area contributed by atoms with Crippen molar-refractivity contribution in [2.75, 3.05) is 6.54 Å². The maximum atomic E-state index is 11.9. The molecule has 0 spiro atoms. The van der Waals surface area contributed by atoms with Crippen molar-refractivity contribution in [3.63, 3.8) is 0 Å². The van der Waals surface area contributed by atoms with Crippen molar-refractivity contribution in [2.24, 2.45) is 0 Å². The minimum Gasteiger partial charge on any atom is -0.353 e. The van der Waals surface area contributed by atoms with Crippen LogP contribution in [0.3, 0.4) is 0 Å². The first-order valence-electron chi connectivity index (χ1n) is 6.88. The molecular weight excluding hydrogens is 272 g/mol. The van der Waals surface area contributed by atoms with Gasteiger partial charge in [0.25, 0.3) is 5.56 Å². The first-order chi connectivity index (χ1) is 10.2. The van der Waals surface area contributed by atoms with Gasteiger partial charge in [0, 0.05) is 25.1 Å². The van der Waals surface area contributed by atoms with Crippen molar-refractivity contribution in [1.29, 1.82) is 0 Å². The third-order valence-electron chi connectivity index (χ3n) is 3.34. The maximum Gasteiger partial charge on any atom is 0.253 e. The lowest BCUT2D eigenvalue weighted by Gasteiger charge is -2.07. The minimum absolute atomic E-state index is 0.0718. The molecule has 0 unspecified atom stereocenters. The third kappa shape index (κ3) is 3.53. The molecule has 0 atom stereocenters. The van der Waals surface area contributed by atoms with Gasteiger partial charge < -0.3 is 5.32 Å². The second-order valence-corrected chi connectivity index (χ2v) is 5.06. The number of amides is 1. The molecule has 21 heavy (non-hydrogen) atoms. The van der Waals surface area contributed by atoms with Gasteiger partial charge >= 0.3 is 0 Å². The van der Waals surface area contributed by atoms with Gasteiger partial charge in [-0.25, -0.2) is 14.6 Å². The Balaban J connectivity index is 1.48. The normalized spacial score (nSPS) is 14.1. The van der Waals surface area contributed by atoms with Crippen LogP contribution in [0.15, 0.2) is 29.8 Å². The van der Waals surface area contributed by atoms with Crippen LogP contribution in [0.2, 0.25) is 0 Å². The number of rotatable bonds is 6. The molecule has 0 aromatic carbocycles. The number of hydrogen-bond donors (Lipinski definition) is 1. The average molecular weight is 288 g/mol. The molecule has 1 amide bonds. The summed E-state index contributed by atoms with van der Waals surface area (Å²) in [6.45, 7) is 0.894. The fourth-order valence-electron chi connectivity index (χ4n) is 2.04. The van der Waals surface area contributed by atoms with Crippen LogP contribution >= 0.6 is 0 Å². The van der Waals surface area contributed by atoms with Gasteiger partial charge in [-0.3, -0.25) is 14.2 Å². The van der Waals surface area contributed by atoms with Gasteiger partial charge in [0.15, 0.2) is 0 Å². The molecular formula is C13H16N6O2. The van der Waals surface area contributed by atoms with Gasteiger partial charge in [0.1, 0.15) is 19.2 Å². The lowest BCUT2D eigenvalue weighted by Crippen LogP contribution is -2.33. The Morgan fingerprint density at radius 3 is 2.90 bits per heavy atom. The predicted octanol–water partition coefficient (Wildman–Crippen LogP) is -0.471. The summed E-state index contributed by atoms with van der Waals surface area (Å²) < 4.78 is 2.94. The van der Waals surface area contributed by atoms with E-state index in [1.165, 1.54) is 21.9 Å². The summed E-state index contributed by atoms with van der Waals surface area (Å²) in [7, 11) is 0. The highest BCUT2D eigenvalue weighted by Gasteiger charge is 2.25. The van der Waals surface area contributed by atoms with E-state index in [1.807, 2.05) is 0 Å². The van der Waals surface area contributed by atoms with Crippen LogP contribution in [-0.4, -0.2) is 36.8 Å². The number of nitrogens with zero attached hydrogens (tertiary/aromatic N) is 5. The fraction of sp³-hybridized carbons (Fsp3) is 0.462. The Morgan fingerprint density at radius 1 is 1.38 bits per heavy atom. The van der Waals surface area contributed by atoms with Gasteiger partial charge in [0.05, 0.1) is 12.0 Å². The second-order valence-electron chi connectivity index (χ2n) is 5.06. The van der Waals surface area contributed by atoms with Gasteiger partial charge in [-0.15, -0.1) is 0 Å². The molecule has 1 N–H and O–H groups in total. The van der Waals surface area contributed by atoms with Gasteiger partial charge in [0.2, 0.25) is 5.91 Å². The first-order valence-corrected chi connectivity index (χ1v) is 6.88. The molecule has 1 aliphatic rings. The summed E-state index contributed by atoms with van der Waals surface area (Å²) in [6.07, 6.45) is 6.65. The highest BCUT2D eigenvalue weighted by Crippen LogP contribution is 2.38. The summed E-state index contributed by atoms with van der Waals surface area (Å²) in [5.41, 5.74) is 0.809. The SMILES string of the molecule is O=C(Cn1cncn1)NCCn1cnc(C2CC2)cc1=O. The molecule has 1 aliphatic carbocycles. The van der Waals surface area contributed by atoms with E-state index in [2.05, 4.69) is 20.4 Å². The van der Waals surface area contributed by atoms with E-state index in [0.29, 0.717) is 19.0 Å². The number of aromatic nitrogens is 5. The van der Waals surface area contributed by atoms with E-state index >= 15 is 0 Å². The van der Waals surface area contributed by atoms with Crippen LogP contribution in [0.5, 0.6) is 0 Å². The Bertz CT molecular complexity index is 674. The number of carbonyl (C=O) groups excluding carboxylic acids is 1. The van der Waals surface area contributed by atoms with Crippen molar-refractivity contribution in [3.05, 3.63) is 41.1 Å². The lowest BCUT2D eigenvalue weighted by molar-refractivity contribution is -0.121. The smallest absolute Gasteiger partial charge is 0.253 e. The second kappa shape index (κ2) is 5.86. The Morgan fingerprint density at radius 2 is 2.24 bits per heavy atom. The molecule has 1 fully saturated rings. The van der Waals surface area contributed by atoms with Crippen molar-refractivity contribution < 1.29 is 4.79 Å². The van der Waals surface area contributed by atoms with Crippen molar-refractivity contribution in [2.45, 2.75) is 31.8 Å². The summed E-state index contributed by atoms with van der Waals surface area (Å²) in [5.74, 6) is 0.297. The zero-order valence-electron chi connectivity index (χ0n) is 11.5. The minimum atomic E-state index is -0.170. The molecule has 8 nitrogen and oxygen atoms in total. The van der Waals surface area contributed by atoms with Crippen molar-refractivity contribution >= 4 is 5.91 Å². The van der Waals surface area contributed by atoms with Crippen LogP contribution in [0.4, 0.5) is 0 Å². The molecule has 0 aliphatic heterocycles. The summed E-state index contributed by atoms with van der Waals surface area (Å²) >= 11 is 0. The Labute approximate surface area is 120 Å². The summed E-state index contributed by atoms with van der Waals surface area (Å²) in [5, 5.41) is 6.58. The first kappa shape index (κ1) is 13.5. The largest absolute Gasteiger partial charge is 0.353 e. The standard InChI is InChI=1S/C13H16N6O2/c20-12(6-19-8-14-7-17-19)15-3-4-18-9-16-11(5-13(18)21)10-1-2-10/h5,7-10H,1-4,6H2,(H,15,20). The van der Waals surface area contributed by atoms with Crippen molar-refractivity contribution in [1.82, 2.24) is 29.6 Å². The summed E-state index contributed by atoms with van der Waals surface area (Å²) in [6, 6.07) is 1.59. The topological polar surface area (TPSA) is 94.7 Å². The number of carbonyl (C=O) groups is 1. The molecule has 0 saturated heterocycles. The van der Waals surface area contributed by atoms with Crippen LogP contribution in [-0.2, 0) is 17.9 Å². The molecule has 1 saturated carbocycles. The Hall–Kier alpha value is -2.51. The van der Waals surface area contributed by atoms with E-state index in [0.717, 1.165) is 18.5 Å². The van der Waals surface area contributed by atoms with Gasteiger partial charge in [-0.05, 0) is 12.8 Å². The lowest BCUT2D eigenvalue weighted by atomic mass is 10.3. The predicted molar refractivity (Wildman–Crippen MR) is 73.5 cm³/mol. The fourth-order valence-corrected chi connectivity index (χ4v) is 2.04. The quantitative estimate of drug-likeness (QED) is 0.775. The summed E-state index contributed by atoms with van der Waals surface area (Å²) in [4.78, 5) is 31.6. The highest BCUT2D eigenvalue weighted by molar-refractivity contribution is 5.75. The highest BCUT2D eigenvalue weighted by atomic mass is 16.2. The Kier molecular flexibility index (Phi) is 3.76. The van der Waals surface area contributed by atoms with Crippen LogP contribution in [0.1, 0.15) is 24.5 Å². The van der Waals surface area contributed by atoms with Crippen LogP contribution in [0, 0.1) is 0 Å². The van der Waals surface area contributed by atoms with Gasteiger partial charge in [-0.1, -0.05) is 0 Å². The van der Waals surface area contributed by atoms with Gasteiger partial charge in [-0.2, -0.15) is 5.10 Å². The van der Waals surface area contributed by atoms with E-state index in [1.54, 1.807) is 12.4 Å². The number of hydrogen-bond acceptors (Lipinski definition) is 5. The molecule has 2 aromatic rings. The number of nitrogens with one attached hydrogen (secondary N) is 1. The molecule has 0 bridgehead atoms. The monoisotopic (exact) mass is 288 g/mol. The molecule has 2 heterocycles. The van der Waals surface area contributed by atoms with Crippen molar-refractivity contribution in [3.8, 4) is 0 Å². The van der Waals surface area contributed by atoms with Crippen LogP contribution in [0.25, 0.3) is 0 Å². The van der Waals surface area contributed by atoms with E-state index < -0.39 is 0 Å². The molecule has 110 valence electrons. The third-order valence-corrected chi connectivity index (χ3v) is 3.34. The van der Waals surface area contributed by atoms with Crippen LogP contribution < -0.4 is 10.9 Å². The molecule has 8 heteroatoms. The zero-order valence-corrected chi connectivity index (χ0v) is 11.5. The maximum absolute atomic E-state index is 11.9. The van der Waals surface area contributed by atoms with E-state index in [9.17, 15) is 9.59 Å². The molecule has 0 radical (unpaired) electrons. The van der Waals surface area contributed by atoms with E-state index in [-0.39, 0.29) is 18.0 Å². The average Bonchev–Trinajstić information content (AvgIpc) is 3.19. The zero-order chi connectivity index (χ0) is 14.7. The van der Waals surface area contributed by atoms with E-state index in [4.69, 9.17) is 0 Å².